The summed E-state index contributed by atoms with van der Waals surface area (Å²) in [5.41, 5.74) is 0. The van der Waals surface area contributed by atoms with Crippen molar-refractivity contribution >= 4 is 53.2 Å². The first-order valence-corrected chi connectivity index (χ1v) is 7.96. The molecule has 0 aliphatic carbocycles. The zero-order chi connectivity index (χ0) is 11.1. The molecule has 8 heteroatoms. The van der Waals surface area contributed by atoms with Gasteiger partial charge in [-0.25, -0.2) is 8.42 Å². The third-order valence-electron chi connectivity index (χ3n) is 1.89. The van der Waals surface area contributed by atoms with Gasteiger partial charge in [0.2, 0.25) is 0 Å². The maximum absolute atomic E-state index is 12.0. The average Bonchev–Trinajstić information content (AvgIpc) is 2.74. The molecule has 0 atom stereocenters. The number of nitrogens with zero attached hydrogens (tertiary/aromatic N) is 1. The summed E-state index contributed by atoms with van der Waals surface area (Å²) < 4.78 is 26.5. The highest BCUT2D eigenvalue weighted by atomic mass is 79.9. The van der Waals surface area contributed by atoms with Gasteiger partial charge in [0.1, 0.15) is 4.90 Å². The van der Waals surface area contributed by atoms with Crippen LogP contribution in [0.4, 0.5) is 0 Å². The van der Waals surface area contributed by atoms with Gasteiger partial charge in [0.05, 0.1) is 14.2 Å². The van der Waals surface area contributed by atoms with Crippen LogP contribution >= 0.6 is 43.2 Å². The highest BCUT2D eigenvalue weighted by molar-refractivity contribution is 9.12. The highest BCUT2D eigenvalue weighted by Gasteiger charge is 2.31. The van der Waals surface area contributed by atoms with Crippen molar-refractivity contribution in [1.82, 2.24) is 4.47 Å². The van der Waals surface area contributed by atoms with Crippen LogP contribution in [-0.4, -0.2) is 26.0 Å². The lowest BCUT2D eigenvalue weighted by Crippen LogP contribution is -2.26. The van der Waals surface area contributed by atoms with E-state index in [0.717, 1.165) is 14.7 Å². The zero-order valence-electron chi connectivity index (χ0n) is 7.44. The fourth-order valence-corrected chi connectivity index (χ4v) is 6.29. The van der Waals surface area contributed by atoms with Crippen LogP contribution in [0.25, 0.3) is 0 Å². The number of thiophene rings is 1. The largest absolute Gasteiger partial charge is 0.284 e. The Morgan fingerprint density at radius 1 is 1.47 bits per heavy atom. The fraction of sp³-hybridized carbons (Fsp3) is 0.429. The Bertz CT molecular complexity index is 465. The lowest BCUT2D eigenvalue weighted by Gasteiger charge is -2.13. The van der Waals surface area contributed by atoms with Crippen LogP contribution < -0.4 is 0 Å². The summed E-state index contributed by atoms with van der Waals surface area (Å²) in [6, 6.07) is 1.58. The minimum Gasteiger partial charge on any atom is -0.284 e. The second-order valence-electron chi connectivity index (χ2n) is 2.91. The third-order valence-corrected chi connectivity index (χ3v) is 6.32. The molecule has 0 amide bonds. The standard InChI is InChI=1S/C7H7Br2NO3S2/c8-6-4-5(7(9)14-6)15(11,12)10-2-1-3-13-10/h4H,1-3H2. The summed E-state index contributed by atoms with van der Waals surface area (Å²) >= 11 is 7.80. The number of sulfonamides is 1. The Hall–Kier alpha value is 0.530. The number of hydrogen-bond acceptors (Lipinski definition) is 4. The molecule has 0 bridgehead atoms. The Morgan fingerprint density at radius 3 is 2.67 bits per heavy atom. The molecule has 0 radical (unpaired) electrons. The molecule has 84 valence electrons. The van der Waals surface area contributed by atoms with E-state index in [4.69, 9.17) is 4.84 Å². The molecule has 0 spiro atoms. The third kappa shape index (κ3) is 2.29. The molecule has 0 aromatic carbocycles. The number of hydroxylamine groups is 1. The zero-order valence-corrected chi connectivity index (χ0v) is 12.2. The maximum atomic E-state index is 12.0. The van der Waals surface area contributed by atoms with Gasteiger partial charge in [0, 0.05) is 6.54 Å². The molecule has 0 unspecified atom stereocenters. The van der Waals surface area contributed by atoms with E-state index >= 15 is 0 Å². The van der Waals surface area contributed by atoms with E-state index < -0.39 is 10.0 Å². The number of halogens is 2. The maximum Gasteiger partial charge on any atom is 0.267 e. The molecule has 15 heavy (non-hydrogen) atoms. The summed E-state index contributed by atoms with van der Waals surface area (Å²) in [7, 11) is -3.50. The Labute approximate surface area is 108 Å². The average molecular weight is 377 g/mol. The van der Waals surface area contributed by atoms with E-state index in [0.29, 0.717) is 16.9 Å². The predicted molar refractivity (Wildman–Crippen MR) is 64.2 cm³/mol. The second-order valence-corrected chi connectivity index (χ2v) is 8.45. The van der Waals surface area contributed by atoms with Gasteiger partial charge < -0.3 is 0 Å². The molecule has 1 aromatic rings. The van der Waals surface area contributed by atoms with Crippen molar-refractivity contribution in [2.75, 3.05) is 13.2 Å². The number of hydrogen-bond donors (Lipinski definition) is 0. The SMILES string of the molecule is O=S(=O)(c1cc(Br)sc1Br)N1CCCO1. The molecule has 2 heterocycles. The molecule has 2 rings (SSSR count). The molecule has 1 fully saturated rings. The summed E-state index contributed by atoms with van der Waals surface area (Å²) in [6.45, 7) is 0.879. The van der Waals surface area contributed by atoms with E-state index in [1.165, 1.54) is 11.3 Å². The quantitative estimate of drug-likeness (QED) is 0.796. The minimum absolute atomic E-state index is 0.251. The predicted octanol–water partition coefficient (Wildman–Crippen LogP) is 2.60. The topological polar surface area (TPSA) is 46.6 Å². The summed E-state index contributed by atoms with van der Waals surface area (Å²) in [4.78, 5) is 5.30. The Balaban J connectivity index is 2.40. The lowest BCUT2D eigenvalue weighted by atomic mass is 10.5. The van der Waals surface area contributed by atoms with Crippen LogP contribution in [0.5, 0.6) is 0 Å². The minimum atomic E-state index is -3.50. The van der Waals surface area contributed by atoms with Crippen LogP contribution in [0.3, 0.4) is 0 Å². The van der Waals surface area contributed by atoms with Crippen molar-refractivity contribution in [2.45, 2.75) is 11.3 Å². The second kappa shape index (κ2) is 4.42. The van der Waals surface area contributed by atoms with Gasteiger partial charge in [-0.1, -0.05) is 4.47 Å². The van der Waals surface area contributed by atoms with Crippen LogP contribution in [0.2, 0.25) is 0 Å². The Kier molecular flexibility index (Phi) is 3.54. The summed E-state index contributed by atoms with van der Waals surface area (Å²) in [5, 5.41) is 0. The van der Waals surface area contributed by atoms with Gasteiger partial charge >= 0.3 is 0 Å². The van der Waals surface area contributed by atoms with Crippen molar-refractivity contribution in [3.63, 3.8) is 0 Å². The van der Waals surface area contributed by atoms with Gasteiger partial charge in [-0.3, -0.25) is 4.84 Å². The van der Waals surface area contributed by atoms with Crippen molar-refractivity contribution in [3.8, 4) is 0 Å². The van der Waals surface area contributed by atoms with Crippen LogP contribution in [0.15, 0.2) is 18.5 Å². The van der Waals surface area contributed by atoms with Gasteiger partial charge in [0.25, 0.3) is 10.0 Å². The van der Waals surface area contributed by atoms with Crippen molar-refractivity contribution in [2.24, 2.45) is 0 Å². The summed E-state index contributed by atoms with van der Waals surface area (Å²) in [6.07, 6.45) is 0.738. The van der Waals surface area contributed by atoms with Gasteiger partial charge in [-0.05, 0) is 44.3 Å². The molecule has 4 nitrogen and oxygen atoms in total. The molecule has 0 saturated carbocycles. The summed E-state index contributed by atoms with van der Waals surface area (Å²) in [5.74, 6) is 0. The van der Waals surface area contributed by atoms with E-state index in [1.807, 2.05) is 0 Å². The molecular formula is C7H7Br2NO3S2. The van der Waals surface area contributed by atoms with Gasteiger partial charge in [0.15, 0.2) is 0 Å². The van der Waals surface area contributed by atoms with Crippen LogP contribution in [0, 0.1) is 0 Å². The first kappa shape index (κ1) is 12.0. The first-order valence-electron chi connectivity index (χ1n) is 4.12. The molecule has 1 aliphatic rings. The molecule has 0 N–H and O–H groups in total. The van der Waals surface area contributed by atoms with Crippen molar-refractivity contribution in [3.05, 3.63) is 13.6 Å². The monoisotopic (exact) mass is 375 g/mol. The van der Waals surface area contributed by atoms with Crippen LogP contribution in [-0.2, 0) is 14.9 Å². The van der Waals surface area contributed by atoms with Gasteiger partial charge in [-0.2, -0.15) is 0 Å². The first-order chi connectivity index (χ1) is 7.01. The highest BCUT2D eigenvalue weighted by Crippen LogP contribution is 2.36. The normalized spacial score (nSPS) is 18.5. The van der Waals surface area contributed by atoms with E-state index in [9.17, 15) is 8.42 Å². The van der Waals surface area contributed by atoms with Gasteiger partial charge in [-0.15, -0.1) is 11.3 Å². The van der Waals surface area contributed by atoms with E-state index in [1.54, 1.807) is 6.07 Å². The smallest absolute Gasteiger partial charge is 0.267 e. The van der Waals surface area contributed by atoms with E-state index in [2.05, 4.69) is 31.9 Å². The lowest BCUT2D eigenvalue weighted by molar-refractivity contribution is -0.0284. The number of rotatable bonds is 2. The fourth-order valence-electron chi connectivity index (χ4n) is 1.22. The van der Waals surface area contributed by atoms with Crippen molar-refractivity contribution in [1.29, 1.82) is 0 Å². The molecular weight excluding hydrogens is 370 g/mol. The van der Waals surface area contributed by atoms with Crippen LogP contribution in [0.1, 0.15) is 6.42 Å². The van der Waals surface area contributed by atoms with Crippen molar-refractivity contribution < 1.29 is 13.3 Å². The van der Waals surface area contributed by atoms with E-state index in [-0.39, 0.29) is 4.90 Å². The molecule has 1 saturated heterocycles. The Morgan fingerprint density at radius 2 is 2.20 bits per heavy atom. The molecule has 1 aromatic heterocycles. The molecule has 1 aliphatic heterocycles.